The molecule has 0 saturated heterocycles. The van der Waals surface area contributed by atoms with Gasteiger partial charge in [-0.15, -0.1) is 0 Å². The Balaban J connectivity index is 1.27. The van der Waals surface area contributed by atoms with E-state index in [1.165, 1.54) is 0 Å². The molecule has 0 fully saturated rings. The van der Waals surface area contributed by atoms with Crippen molar-refractivity contribution in [2.75, 3.05) is 6.54 Å². The Morgan fingerprint density at radius 2 is 1.89 bits per heavy atom. The summed E-state index contributed by atoms with van der Waals surface area (Å²) in [6.45, 7) is 5.60. The average Bonchev–Trinajstić information content (AvgIpc) is 2.87. The summed E-state index contributed by atoms with van der Waals surface area (Å²) >= 11 is 5.93. The summed E-state index contributed by atoms with van der Waals surface area (Å²) in [5, 5.41) is 15.5. The number of aliphatic hydroxyl groups excluding tert-OH is 1. The van der Waals surface area contributed by atoms with Gasteiger partial charge in [0.15, 0.2) is 0 Å². The van der Waals surface area contributed by atoms with Crippen LogP contribution in [0.5, 0.6) is 5.75 Å². The highest BCUT2D eigenvalue weighted by atomic mass is 35.5. The molecule has 0 aliphatic carbocycles. The molecule has 4 aromatic rings. The van der Waals surface area contributed by atoms with Crippen molar-refractivity contribution in [2.45, 2.75) is 45.6 Å². The number of ether oxygens (including phenoxy) is 1. The molecule has 0 aliphatic rings. The predicted octanol–water partition coefficient (Wildman–Crippen LogP) is 5.04. The quantitative estimate of drug-likeness (QED) is 0.304. The SMILES string of the molecule is Cc1cc(C(O)C(C)NCCCn2cnc3ccccc3c2=O)ccc1OCc1ccc(Cl)cc1. The molecule has 4 rings (SSSR count). The molecule has 3 aromatic carbocycles. The van der Waals surface area contributed by atoms with Gasteiger partial charge in [-0.3, -0.25) is 9.36 Å². The number of rotatable bonds is 10. The van der Waals surface area contributed by atoms with E-state index >= 15 is 0 Å². The molecule has 2 unspecified atom stereocenters. The number of fused-ring (bicyclic) bond motifs is 1. The van der Waals surface area contributed by atoms with Gasteiger partial charge in [0.05, 0.1) is 23.3 Å². The van der Waals surface area contributed by atoms with Crippen molar-refractivity contribution in [3.05, 3.63) is 105 Å². The van der Waals surface area contributed by atoms with Gasteiger partial charge in [-0.1, -0.05) is 41.9 Å². The van der Waals surface area contributed by atoms with Gasteiger partial charge in [-0.2, -0.15) is 0 Å². The first-order valence-electron chi connectivity index (χ1n) is 11.8. The van der Waals surface area contributed by atoms with Gasteiger partial charge >= 0.3 is 0 Å². The van der Waals surface area contributed by atoms with Crippen LogP contribution >= 0.6 is 11.6 Å². The summed E-state index contributed by atoms with van der Waals surface area (Å²) in [5.74, 6) is 0.783. The monoisotopic (exact) mass is 491 g/mol. The molecule has 35 heavy (non-hydrogen) atoms. The molecule has 0 aliphatic heterocycles. The smallest absolute Gasteiger partial charge is 0.261 e. The molecule has 0 radical (unpaired) electrons. The van der Waals surface area contributed by atoms with Gasteiger partial charge < -0.3 is 15.2 Å². The van der Waals surface area contributed by atoms with Crippen LogP contribution in [0.1, 0.15) is 36.1 Å². The molecule has 2 atom stereocenters. The second-order valence-corrected chi connectivity index (χ2v) is 9.18. The third kappa shape index (κ3) is 6.28. The number of aliphatic hydroxyl groups is 1. The van der Waals surface area contributed by atoms with Crippen LogP contribution in [0, 0.1) is 6.92 Å². The van der Waals surface area contributed by atoms with Gasteiger partial charge in [0.25, 0.3) is 5.56 Å². The number of aromatic nitrogens is 2. The number of hydrogen-bond acceptors (Lipinski definition) is 5. The average molecular weight is 492 g/mol. The van der Waals surface area contributed by atoms with Crippen molar-refractivity contribution in [3.63, 3.8) is 0 Å². The van der Waals surface area contributed by atoms with Crippen LogP contribution in [0.3, 0.4) is 0 Å². The minimum Gasteiger partial charge on any atom is -0.489 e. The molecule has 0 bridgehead atoms. The number of nitrogens with one attached hydrogen (secondary N) is 1. The van der Waals surface area contributed by atoms with E-state index in [1.807, 2.05) is 74.5 Å². The van der Waals surface area contributed by atoms with Crippen LogP contribution in [-0.4, -0.2) is 27.2 Å². The van der Waals surface area contributed by atoms with Gasteiger partial charge in [-0.05, 0) is 79.9 Å². The van der Waals surface area contributed by atoms with E-state index in [1.54, 1.807) is 17.0 Å². The molecule has 1 heterocycles. The molecule has 182 valence electrons. The van der Waals surface area contributed by atoms with E-state index in [0.717, 1.165) is 28.9 Å². The number of aryl methyl sites for hydroxylation is 2. The Hall–Kier alpha value is -3.19. The number of para-hydroxylation sites is 1. The summed E-state index contributed by atoms with van der Waals surface area (Å²) in [6.07, 6.45) is 1.68. The highest BCUT2D eigenvalue weighted by Crippen LogP contribution is 2.25. The molecule has 2 N–H and O–H groups in total. The predicted molar refractivity (Wildman–Crippen MR) is 140 cm³/mol. The second-order valence-electron chi connectivity index (χ2n) is 8.74. The summed E-state index contributed by atoms with van der Waals surface area (Å²) in [5.41, 5.74) is 3.51. The van der Waals surface area contributed by atoms with Crippen LogP contribution in [0.15, 0.2) is 77.9 Å². The minimum atomic E-state index is -0.663. The maximum atomic E-state index is 12.6. The lowest BCUT2D eigenvalue weighted by atomic mass is 10.0. The number of benzene rings is 3. The lowest BCUT2D eigenvalue weighted by Crippen LogP contribution is -2.33. The highest BCUT2D eigenvalue weighted by Gasteiger charge is 2.17. The largest absolute Gasteiger partial charge is 0.489 e. The Bertz CT molecular complexity index is 1340. The molecule has 0 amide bonds. The van der Waals surface area contributed by atoms with E-state index < -0.39 is 6.10 Å². The summed E-state index contributed by atoms with van der Waals surface area (Å²) in [7, 11) is 0. The summed E-state index contributed by atoms with van der Waals surface area (Å²) in [6, 6.07) is 20.5. The first-order valence-corrected chi connectivity index (χ1v) is 12.1. The second kappa shape index (κ2) is 11.5. The van der Waals surface area contributed by atoms with Gasteiger partial charge in [0.2, 0.25) is 0 Å². The maximum absolute atomic E-state index is 12.6. The zero-order valence-electron chi connectivity index (χ0n) is 19.9. The molecule has 0 spiro atoms. The van der Waals surface area contributed by atoms with E-state index in [2.05, 4.69) is 10.3 Å². The molecule has 0 saturated carbocycles. The van der Waals surface area contributed by atoms with Crippen molar-refractivity contribution in [2.24, 2.45) is 0 Å². The fourth-order valence-electron chi connectivity index (χ4n) is 4.01. The van der Waals surface area contributed by atoms with E-state index in [0.29, 0.717) is 35.6 Å². The van der Waals surface area contributed by atoms with Crippen LogP contribution in [0.2, 0.25) is 5.02 Å². The number of nitrogens with zero attached hydrogens (tertiary/aromatic N) is 2. The highest BCUT2D eigenvalue weighted by molar-refractivity contribution is 6.30. The minimum absolute atomic E-state index is 0.0301. The van der Waals surface area contributed by atoms with Crippen molar-refractivity contribution in [3.8, 4) is 5.75 Å². The Kier molecular flexibility index (Phi) is 8.18. The molecule has 7 heteroatoms. The Labute approximate surface area is 210 Å². The summed E-state index contributed by atoms with van der Waals surface area (Å²) < 4.78 is 7.58. The fraction of sp³-hybridized carbons (Fsp3) is 0.286. The van der Waals surface area contributed by atoms with Crippen LogP contribution in [0.25, 0.3) is 10.9 Å². The first-order chi connectivity index (χ1) is 16.9. The van der Waals surface area contributed by atoms with Crippen LogP contribution in [-0.2, 0) is 13.2 Å². The number of halogens is 1. The lowest BCUT2D eigenvalue weighted by molar-refractivity contribution is 0.135. The van der Waals surface area contributed by atoms with E-state index in [9.17, 15) is 9.90 Å². The van der Waals surface area contributed by atoms with Gasteiger partial charge in [0.1, 0.15) is 12.4 Å². The third-order valence-electron chi connectivity index (χ3n) is 6.10. The van der Waals surface area contributed by atoms with Crippen molar-refractivity contribution < 1.29 is 9.84 Å². The van der Waals surface area contributed by atoms with Crippen molar-refractivity contribution >= 4 is 22.5 Å². The van der Waals surface area contributed by atoms with Crippen molar-refractivity contribution in [1.82, 2.24) is 14.9 Å². The lowest BCUT2D eigenvalue weighted by Gasteiger charge is -2.22. The molecule has 1 aromatic heterocycles. The Morgan fingerprint density at radius 3 is 2.66 bits per heavy atom. The zero-order chi connectivity index (χ0) is 24.8. The van der Waals surface area contributed by atoms with E-state index in [-0.39, 0.29) is 11.6 Å². The normalized spacial score (nSPS) is 13.0. The fourth-order valence-corrected chi connectivity index (χ4v) is 4.13. The van der Waals surface area contributed by atoms with Crippen LogP contribution in [0.4, 0.5) is 0 Å². The van der Waals surface area contributed by atoms with Crippen molar-refractivity contribution in [1.29, 1.82) is 0 Å². The molecular weight excluding hydrogens is 462 g/mol. The maximum Gasteiger partial charge on any atom is 0.261 e. The van der Waals surface area contributed by atoms with E-state index in [4.69, 9.17) is 16.3 Å². The molecule has 6 nitrogen and oxygen atoms in total. The van der Waals surface area contributed by atoms with Crippen LogP contribution < -0.4 is 15.6 Å². The zero-order valence-corrected chi connectivity index (χ0v) is 20.7. The van der Waals surface area contributed by atoms with Gasteiger partial charge in [-0.25, -0.2) is 4.98 Å². The molecular formula is C28H30ClN3O3. The topological polar surface area (TPSA) is 76.4 Å². The first kappa shape index (κ1) is 24.9. The Morgan fingerprint density at radius 1 is 1.11 bits per heavy atom. The number of hydrogen-bond donors (Lipinski definition) is 2. The standard InChI is InChI=1S/C28H30ClN3O3/c1-19-16-22(10-13-26(19)35-17-21-8-11-23(29)12-9-21)27(33)20(2)30-14-5-15-32-18-31-25-7-4-3-6-24(25)28(32)34/h3-4,6-13,16,18,20,27,30,33H,5,14-15,17H2,1-2H3. The van der Waals surface area contributed by atoms with Gasteiger partial charge in [0, 0.05) is 17.6 Å². The third-order valence-corrected chi connectivity index (χ3v) is 6.35. The summed E-state index contributed by atoms with van der Waals surface area (Å²) in [4.78, 5) is 17.0.